The Kier molecular flexibility index (Phi) is 8.93. The minimum atomic E-state index is -4.47. The largest absolute Gasteiger partial charge is 0.467 e. The Balaban J connectivity index is 1.39. The van der Waals surface area contributed by atoms with Gasteiger partial charge in [-0.3, -0.25) is 9.59 Å². The van der Waals surface area contributed by atoms with Crippen molar-refractivity contribution in [2.45, 2.75) is 32.6 Å². The number of halogens is 4. The number of carbonyl (C=O) groups is 2. The second-order valence-corrected chi connectivity index (χ2v) is 9.95. The van der Waals surface area contributed by atoms with E-state index in [9.17, 15) is 22.8 Å². The number of hydrogen-bond donors (Lipinski definition) is 2. The molecule has 0 spiro atoms. The van der Waals surface area contributed by atoms with E-state index >= 15 is 0 Å². The first-order valence-electron chi connectivity index (χ1n) is 11.8. The fourth-order valence-corrected chi connectivity index (χ4v) is 4.53. The van der Waals surface area contributed by atoms with Crippen molar-refractivity contribution in [3.05, 3.63) is 99.4 Å². The standard InChI is InChI=1S/C27H24ClF3N4O3S/c1-17-7-8-20(28)13-22(17)33-26-34-23(16-39-26)25(37)35(15-21-6-3-11-38-21)10-9-24(36)32-14-18-4-2-5-19(12-18)27(29,30)31/h2-8,11-13,16H,9-10,14-15H2,1H3,(H,32,36)(H,33,34). The molecular weight excluding hydrogens is 553 g/mol. The Morgan fingerprint density at radius 3 is 2.69 bits per heavy atom. The maximum Gasteiger partial charge on any atom is 0.416 e. The quantitative estimate of drug-likeness (QED) is 0.217. The van der Waals surface area contributed by atoms with Crippen LogP contribution in [0.25, 0.3) is 0 Å². The van der Waals surface area contributed by atoms with Crippen molar-refractivity contribution >= 4 is 45.6 Å². The van der Waals surface area contributed by atoms with Gasteiger partial charge in [-0.05, 0) is 54.4 Å². The average Bonchev–Trinajstić information content (AvgIpc) is 3.59. The van der Waals surface area contributed by atoms with Gasteiger partial charge in [-0.2, -0.15) is 13.2 Å². The molecule has 0 unspecified atom stereocenters. The first-order chi connectivity index (χ1) is 18.6. The number of anilines is 2. The molecule has 0 atom stereocenters. The summed E-state index contributed by atoms with van der Waals surface area (Å²) in [6.07, 6.45) is -3.05. The van der Waals surface area contributed by atoms with Crippen LogP contribution in [0.1, 0.15) is 39.4 Å². The number of rotatable bonds is 10. The number of carbonyl (C=O) groups excluding carboxylic acids is 2. The number of amides is 2. The lowest BCUT2D eigenvalue weighted by Gasteiger charge is -2.20. The molecule has 12 heteroatoms. The third-order valence-electron chi connectivity index (χ3n) is 5.73. The third-order valence-corrected chi connectivity index (χ3v) is 6.72. The highest BCUT2D eigenvalue weighted by Gasteiger charge is 2.30. The highest BCUT2D eigenvalue weighted by atomic mass is 35.5. The molecule has 2 N–H and O–H groups in total. The SMILES string of the molecule is Cc1ccc(Cl)cc1Nc1nc(C(=O)N(CCC(=O)NCc2cccc(C(F)(F)F)c2)Cc2ccco2)cs1. The topological polar surface area (TPSA) is 87.5 Å². The molecule has 204 valence electrons. The number of furan rings is 1. The zero-order chi connectivity index (χ0) is 28.0. The second-order valence-electron chi connectivity index (χ2n) is 8.65. The lowest BCUT2D eigenvalue weighted by Crippen LogP contribution is -2.35. The van der Waals surface area contributed by atoms with Crippen LogP contribution in [0, 0.1) is 6.92 Å². The van der Waals surface area contributed by atoms with Gasteiger partial charge in [0.15, 0.2) is 5.13 Å². The van der Waals surface area contributed by atoms with Gasteiger partial charge in [-0.1, -0.05) is 29.8 Å². The normalized spacial score (nSPS) is 11.3. The van der Waals surface area contributed by atoms with Gasteiger partial charge in [0.2, 0.25) is 5.91 Å². The smallest absolute Gasteiger partial charge is 0.416 e. The van der Waals surface area contributed by atoms with E-state index in [1.165, 1.54) is 34.6 Å². The van der Waals surface area contributed by atoms with Gasteiger partial charge in [-0.25, -0.2) is 4.98 Å². The Labute approximate surface area is 231 Å². The monoisotopic (exact) mass is 576 g/mol. The van der Waals surface area contributed by atoms with Crippen LogP contribution in [-0.2, 0) is 24.1 Å². The molecule has 0 aliphatic carbocycles. The predicted octanol–water partition coefficient (Wildman–Crippen LogP) is 6.81. The number of hydrogen-bond acceptors (Lipinski definition) is 6. The van der Waals surface area contributed by atoms with E-state index in [1.807, 2.05) is 13.0 Å². The van der Waals surface area contributed by atoms with E-state index in [0.29, 0.717) is 21.5 Å². The van der Waals surface area contributed by atoms with Crippen LogP contribution in [0.2, 0.25) is 5.02 Å². The van der Waals surface area contributed by atoms with E-state index < -0.39 is 23.6 Å². The first-order valence-corrected chi connectivity index (χ1v) is 13.1. The van der Waals surface area contributed by atoms with Gasteiger partial charge in [-0.15, -0.1) is 11.3 Å². The van der Waals surface area contributed by atoms with Crippen LogP contribution >= 0.6 is 22.9 Å². The Morgan fingerprint density at radius 2 is 1.95 bits per heavy atom. The third kappa shape index (κ3) is 7.84. The zero-order valence-electron chi connectivity index (χ0n) is 20.7. The van der Waals surface area contributed by atoms with E-state index in [0.717, 1.165) is 23.4 Å². The summed E-state index contributed by atoms with van der Waals surface area (Å²) < 4.78 is 44.2. The lowest BCUT2D eigenvalue weighted by molar-refractivity contribution is -0.137. The number of nitrogens with one attached hydrogen (secondary N) is 2. The fraction of sp³-hybridized carbons (Fsp3) is 0.222. The predicted molar refractivity (Wildman–Crippen MR) is 143 cm³/mol. The summed E-state index contributed by atoms with van der Waals surface area (Å²) in [5, 5.41) is 8.46. The van der Waals surface area contributed by atoms with E-state index in [4.69, 9.17) is 16.0 Å². The molecule has 2 amide bonds. The average molecular weight is 577 g/mol. The van der Waals surface area contributed by atoms with Crippen molar-refractivity contribution in [3.8, 4) is 0 Å². The van der Waals surface area contributed by atoms with Gasteiger partial charge < -0.3 is 20.0 Å². The molecule has 4 rings (SSSR count). The van der Waals surface area contributed by atoms with Crippen molar-refractivity contribution in [1.82, 2.24) is 15.2 Å². The van der Waals surface area contributed by atoms with E-state index in [2.05, 4.69) is 15.6 Å². The minimum absolute atomic E-state index is 0.0433. The Morgan fingerprint density at radius 1 is 1.13 bits per heavy atom. The van der Waals surface area contributed by atoms with Crippen LogP contribution in [0.5, 0.6) is 0 Å². The molecule has 0 saturated heterocycles. The highest BCUT2D eigenvalue weighted by Crippen LogP contribution is 2.30. The zero-order valence-corrected chi connectivity index (χ0v) is 22.3. The number of nitrogens with zero attached hydrogens (tertiary/aromatic N) is 2. The number of benzene rings is 2. The molecule has 0 bridgehead atoms. The van der Waals surface area contributed by atoms with E-state index in [-0.39, 0.29) is 31.7 Å². The maximum absolute atomic E-state index is 13.3. The molecule has 2 aromatic heterocycles. The molecule has 0 radical (unpaired) electrons. The summed E-state index contributed by atoms with van der Waals surface area (Å²) in [7, 11) is 0. The molecule has 0 saturated carbocycles. The highest BCUT2D eigenvalue weighted by molar-refractivity contribution is 7.14. The van der Waals surface area contributed by atoms with Crippen molar-refractivity contribution in [3.63, 3.8) is 0 Å². The molecule has 2 heterocycles. The van der Waals surface area contributed by atoms with Gasteiger partial charge >= 0.3 is 6.18 Å². The fourth-order valence-electron chi connectivity index (χ4n) is 3.66. The Bertz CT molecular complexity index is 1440. The molecule has 2 aromatic carbocycles. The molecule has 4 aromatic rings. The molecule has 7 nitrogen and oxygen atoms in total. The number of alkyl halides is 3. The van der Waals surface area contributed by atoms with Gasteiger partial charge in [0.25, 0.3) is 5.91 Å². The summed E-state index contributed by atoms with van der Waals surface area (Å²) >= 11 is 7.34. The maximum atomic E-state index is 13.3. The van der Waals surface area contributed by atoms with Crippen molar-refractivity contribution in [2.24, 2.45) is 0 Å². The first kappa shape index (κ1) is 28.2. The Hall–Kier alpha value is -3.83. The van der Waals surface area contributed by atoms with Crippen LogP contribution in [0.4, 0.5) is 24.0 Å². The van der Waals surface area contributed by atoms with Gasteiger partial charge in [0, 0.05) is 35.6 Å². The number of thiazole rings is 1. The summed E-state index contributed by atoms with van der Waals surface area (Å²) in [4.78, 5) is 31.7. The minimum Gasteiger partial charge on any atom is -0.467 e. The summed E-state index contributed by atoms with van der Waals surface area (Å²) in [6.45, 7) is 2.00. The lowest BCUT2D eigenvalue weighted by atomic mass is 10.1. The van der Waals surface area contributed by atoms with Gasteiger partial charge in [0.1, 0.15) is 11.5 Å². The van der Waals surface area contributed by atoms with Crippen LogP contribution in [-0.4, -0.2) is 28.2 Å². The molecule has 0 aliphatic rings. The number of aryl methyl sites for hydroxylation is 1. The molecule has 39 heavy (non-hydrogen) atoms. The summed E-state index contributed by atoms with van der Waals surface area (Å²) in [5.74, 6) is -0.290. The van der Waals surface area contributed by atoms with Crippen LogP contribution in [0.15, 0.2) is 70.7 Å². The number of aromatic nitrogens is 1. The van der Waals surface area contributed by atoms with Crippen molar-refractivity contribution in [2.75, 3.05) is 11.9 Å². The van der Waals surface area contributed by atoms with Gasteiger partial charge in [0.05, 0.1) is 18.4 Å². The van der Waals surface area contributed by atoms with Crippen LogP contribution < -0.4 is 10.6 Å². The van der Waals surface area contributed by atoms with Crippen LogP contribution in [0.3, 0.4) is 0 Å². The molecular formula is C27H24ClF3N4O3S. The molecule has 0 fully saturated rings. The molecule has 0 aliphatic heterocycles. The summed E-state index contributed by atoms with van der Waals surface area (Å²) in [6, 6.07) is 13.6. The summed E-state index contributed by atoms with van der Waals surface area (Å²) in [5.41, 5.74) is 1.45. The van der Waals surface area contributed by atoms with E-state index in [1.54, 1.807) is 29.6 Å². The van der Waals surface area contributed by atoms with Crippen molar-refractivity contribution < 1.29 is 27.2 Å². The second kappa shape index (κ2) is 12.4. The van der Waals surface area contributed by atoms with Crippen molar-refractivity contribution in [1.29, 1.82) is 0 Å².